The molecule has 0 saturated heterocycles. The minimum atomic E-state index is -1.35. The number of hydrogen-bond acceptors (Lipinski definition) is 2. The van der Waals surface area contributed by atoms with Crippen LogP contribution in [0.15, 0.2) is 181 Å². The van der Waals surface area contributed by atoms with Gasteiger partial charge in [-0.1, -0.05) is 85.0 Å². The molecular weight excluding hydrogens is 867 g/mol. The Balaban J connectivity index is 0.000000192. The molecule has 4 nitrogen and oxygen atoms in total. The first kappa shape index (κ1) is 40.6. The van der Waals surface area contributed by atoms with Crippen molar-refractivity contribution in [2.75, 3.05) is 0 Å². The van der Waals surface area contributed by atoms with Crippen molar-refractivity contribution in [1.82, 2.24) is 6.61 Å². The van der Waals surface area contributed by atoms with Gasteiger partial charge in [0.2, 0.25) is 0 Å². The third-order valence-corrected chi connectivity index (χ3v) is 17.2. The van der Waals surface area contributed by atoms with Crippen LogP contribution >= 0.6 is 0 Å². The second kappa shape index (κ2) is 21.3. The molecule has 6 heteroatoms. The fourth-order valence-electron chi connectivity index (χ4n) is 7.06. The van der Waals surface area contributed by atoms with Gasteiger partial charge in [0.25, 0.3) is 0 Å². The molecule has 2 aliphatic rings. The van der Waals surface area contributed by atoms with Crippen LogP contribution in [-0.2, 0) is 32.8 Å². The van der Waals surface area contributed by atoms with Crippen LogP contribution in [0.2, 0.25) is 0 Å². The van der Waals surface area contributed by atoms with Crippen LogP contribution in [0.3, 0.4) is 0 Å². The monoisotopic (exact) mass is 910 g/mol. The van der Waals surface area contributed by atoms with Crippen molar-refractivity contribution < 1.29 is 32.8 Å². The molecule has 0 heterocycles. The van der Waals surface area contributed by atoms with Gasteiger partial charge >= 0.3 is 262 Å². The first-order valence-corrected chi connectivity index (χ1v) is 25.7. The van der Waals surface area contributed by atoms with Gasteiger partial charge in [-0.05, 0) is 11.1 Å². The summed E-state index contributed by atoms with van der Waals surface area (Å²) in [5.74, 6) is 0. The Morgan fingerprint density at radius 2 is 0.857 bits per heavy atom. The van der Waals surface area contributed by atoms with E-state index in [1.54, 1.807) is 22.3 Å². The molecule has 2 N–H and O–H groups in total. The first-order chi connectivity index (χ1) is 27.6. The Bertz CT molecular complexity index is 2160. The molecule has 0 aromatic heterocycles. The molecule has 274 valence electrons. The standard InChI is InChI=1S/2C16H13.C16H14.2CH3NO.In.Zr.H/c2*1-12-10-14-8-5-9-15(16(14)11-12)13-6-3-2-4-7-13;1-3-9-15(10-4-1)13-7-8-14-16-11-5-2-6-12-16;2*2-1-3;;;/h2*2-11H,1H3;1-14H;2*1H,(H2,2,3);;;/q;;;;;+2;;/p-2. The van der Waals surface area contributed by atoms with E-state index in [0.717, 1.165) is 0 Å². The first-order valence-electron chi connectivity index (χ1n) is 18.9. The fraction of sp³-hybridized carbons (Fsp3) is 0.0800. The zero-order valence-electron chi connectivity index (χ0n) is 31.8. The van der Waals surface area contributed by atoms with E-state index >= 15 is 0 Å². The van der Waals surface area contributed by atoms with E-state index in [-0.39, 0.29) is 0 Å². The molecule has 0 fully saturated rings. The summed E-state index contributed by atoms with van der Waals surface area (Å²) in [5, 5.41) is 0. The maximum absolute atomic E-state index is 9.47. The van der Waals surface area contributed by atoms with Gasteiger partial charge in [0.1, 0.15) is 0 Å². The normalized spacial score (nSPS) is 14.8. The van der Waals surface area contributed by atoms with Crippen molar-refractivity contribution in [1.29, 1.82) is 0 Å². The Kier molecular flexibility index (Phi) is 15.5. The molecule has 8 rings (SSSR count). The summed E-state index contributed by atoms with van der Waals surface area (Å²) in [6, 6.07) is 56.1. The zero-order chi connectivity index (χ0) is 39.0. The minimum absolute atomic E-state index is 0.604. The van der Waals surface area contributed by atoms with Crippen molar-refractivity contribution in [3.05, 3.63) is 214 Å². The number of carbonyl (C=O) groups excluding carboxylic acids is 2. The SMILES string of the molecule is C(C=Cc1ccccc1)=Cc1ccccc1.CC1=Cc2c(-c3ccccc3)cccc2[CH]1[Zr][CH]1C(C)=Cc2c(-c3ccccc3)cccc21.O=C[NH][InH][NH]C=O. The number of nitrogens with one attached hydrogen (secondary N) is 2. The van der Waals surface area contributed by atoms with Crippen molar-refractivity contribution in [2.24, 2.45) is 0 Å². The van der Waals surface area contributed by atoms with E-state index in [0.29, 0.717) is 20.1 Å². The van der Waals surface area contributed by atoms with Crippen LogP contribution in [0.4, 0.5) is 0 Å². The number of fused-ring (bicyclic) bond motifs is 2. The molecule has 2 aliphatic carbocycles. The van der Waals surface area contributed by atoms with Gasteiger partial charge in [-0.2, -0.15) is 0 Å². The van der Waals surface area contributed by atoms with E-state index < -0.39 is 46.7 Å². The maximum atomic E-state index is 9.47. The van der Waals surface area contributed by atoms with Crippen molar-refractivity contribution in [3.8, 4) is 22.3 Å². The average Bonchev–Trinajstić information content (AvgIpc) is 3.75. The van der Waals surface area contributed by atoms with Crippen molar-refractivity contribution in [3.63, 3.8) is 0 Å². The van der Waals surface area contributed by atoms with Gasteiger partial charge in [-0.3, -0.25) is 0 Å². The van der Waals surface area contributed by atoms with Crippen LogP contribution in [0.5, 0.6) is 0 Å². The van der Waals surface area contributed by atoms with Gasteiger partial charge in [-0.25, -0.2) is 0 Å². The molecule has 56 heavy (non-hydrogen) atoms. The summed E-state index contributed by atoms with van der Waals surface area (Å²) in [7, 11) is 0. The molecule has 2 atom stereocenters. The van der Waals surface area contributed by atoms with E-state index in [4.69, 9.17) is 0 Å². The molecule has 6 aromatic rings. The number of benzene rings is 6. The van der Waals surface area contributed by atoms with Crippen molar-refractivity contribution >= 4 is 60.6 Å². The molecular formula is C50H45InN2O2Zr. The van der Waals surface area contributed by atoms with Crippen LogP contribution in [0.25, 0.3) is 46.6 Å². The number of amides is 2. The number of hydrogen-bond donors (Lipinski definition) is 2. The summed E-state index contributed by atoms with van der Waals surface area (Å²) >= 11 is -2.19. The quantitative estimate of drug-likeness (QED) is 0.0773. The van der Waals surface area contributed by atoms with Crippen LogP contribution in [0.1, 0.15) is 54.5 Å². The Morgan fingerprint density at radius 3 is 1.23 bits per heavy atom. The predicted molar refractivity (Wildman–Crippen MR) is 233 cm³/mol. The summed E-state index contributed by atoms with van der Waals surface area (Å²) in [6.07, 6.45) is 14.5. The Hall–Kier alpha value is -5.03. The molecule has 6 aromatic carbocycles. The van der Waals surface area contributed by atoms with Crippen LogP contribution in [-0.4, -0.2) is 36.3 Å². The molecule has 0 aliphatic heterocycles. The van der Waals surface area contributed by atoms with E-state index in [2.05, 4.69) is 178 Å². The van der Waals surface area contributed by atoms with Crippen molar-refractivity contribution in [2.45, 2.75) is 21.1 Å². The summed E-state index contributed by atoms with van der Waals surface area (Å²) < 4.78 is 6.14. The molecule has 0 radical (unpaired) electrons. The second-order valence-corrected chi connectivity index (χ2v) is 20.5. The average molecular weight is 912 g/mol. The fourth-order valence-corrected chi connectivity index (χ4v) is 12.5. The third kappa shape index (κ3) is 10.8. The third-order valence-electron chi connectivity index (χ3n) is 9.72. The van der Waals surface area contributed by atoms with E-state index in [9.17, 15) is 9.59 Å². The summed E-state index contributed by atoms with van der Waals surface area (Å²) in [4.78, 5) is 18.9. The van der Waals surface area contributed by atoms with Gasteiger partial charge in [0.05, 0.1) is 0 Å². The summed E-state index contributed by atoms with van der Waals surface area (Å²) in [6.45, 7) is 4.71. The Labute approximate surface area is 354 Å². The van der Waals surface area contributed by atoms with Gasteiger partial charge < -0.3 is 0 Å². The molecule has 0 bridgehead atoms. The predicted octanol–water partition coefficient (Wildman–Crippen LogP) is 10.9. The molecule has 0 saturated carbocycles. The molecule has 2 amide bonds. The Morgan fingerprint density at radius 1 is 0.482 bits per heavy atom. The van der Waals surface area contributed by atoms with Crippen LogP contribution in [0, 0.1) is 0 Å². The topological polar surface area (TPSA) is 58.2 Å². The van der Waals surface area contributed by atoms with E-state index in [1.807, 2.05) is 36.4 Å². The number of carbonyl (C=O) groups is 2. The zero-order valence-corrected chi connectivity index (χ0v) is 38.3. The summed E-state index contributed by atoms with van der Waals surface area (Å²) in [5.41, 5.74) is 17.0. The molecule has 2 unspecified atom stereocenters. The number of allylic oxidation sites excluding steroid dienone is 4. The van der Waals surface area contributed by atoms with Gasteiger partial charge in [0.15, 0.2) is 0 Å². The molecule has 0 spiro atoms. The second-order valence-electron chi connectivity index (χ2n) is 13.5. The van der Waals surface area contributed by atoms with Crippen LogP contribution < -0.4 is 6.61 Å². The van der Waals surface area contributed by atoms with Gasteiger partial charge in [-0.15, -0.1) is 0 Å². The van der Waals surface area contributed by atoms with E-state index in [1.165, 1.54) is 44.5 Å². The number of rotatable bonds is 11. The van der Waals surface area contributed by atoms with Gasteiger partial charge in [0, 0.05) is 0 Å².